The number of fused-ring (bicyclic) bond motifs is 1. The zero-order valence-corrected chi connectivity index (χ0v) is 29.3. The van der Waals surface area contributed by atoms with E-state index in [4.69, 9.17) is 0 Å². The number of rotatable bonds is 8. The highest BCUT2D eigenvalue weighted by Crippen LogP contribution is 2.44. The van der Waals surface area contributed by atoms with Crippen LogP contribution in [-0.2, 0) is 0 Å². The van der Waals surface area contributed by atoms with Gasteiger partial charge in [-0.25, -0.2) is 0 Å². The van der Waals surface area contributed by atoms with Gasteiger partial charge in [0, 0.05) is 16.6 Å². The van der Waals surface area contributed by atoms with Crippen molar-refractivity contribution in [1.82, 2.24) is 0 Å². The first kappa shape index (κ1) is 32.0. The van der Waals surface area contributed by atoms with E-state index in [1.165, 1.54) is 66.4 Å². The summed E-state index contributed by atoms with van der Waals surface area (Å²) in [6, 6.07) is 80.8. The van der Waals surface area contributed by atoms with Crippen molar-refractivity contribution in [1.29, 1.82) is 0 Å². The van der Waals surface area contributed by atoms with Gasteiger partial charge >= 0.3 is 0 Å². The zero-order chi connectivity index (χ0) is 35.4. The normalized spacial score (nSPS) is 11.0. The summed E-state index contributed by atoms with van der Waals surface area (Å²) in [5.74, 6) is 0. The number of benzene rings is 9. The second-order valence-corrected chi connectivity index (χ2v) is 13.3. The van der Waals surface area contributed by atoms with Crippen molar-refractivity contribution >= 4 is 27.8 Å². The highest BCUT2D eigenvalue weighted by Gasteiger charge is 2.19. The van der Waals surface area contributed by atoms with Crippen molar-refractivity contribution in [2.45, 2.75) is 0 Å². The number of hydrogen-bond donors (Lipinski definition) is 0. The summed E-state index contributed by atoms with van der Waals surface area (Å²) in [5, 5.41) is 2.42. The third-order valence-corrected chi connectivity index (χ3v) is 10.1. The molecule has 53 heavy (non-hydrogen) atoms. The Morgan fingerprint density at radius 2 is 0.698 bits per heavy atom. The monoisotopic (exact) mass is 675 g/mol. The van der Waals surface area contributed by atoms with Crippen molar-refractivity contribution in [2.24, 2.45) is 0 Å². The average Bonchev–Trinajstić information content (AvgIpc) is 3.25. The Hall–Kier alpha value is -6.96. The Morgan fingerprint density at radius 3 is 1.42 bits per heavy atom. The highest BCUT2D eigenvalue weighted by atomic mass is 15.1. The number of nitrogens with zero attached hydrogens (tertiary/aromatic N) is 1. The Balaban J connectivity index is 1.15. The molecule has 1 nitrogen and oxygen atoms in total. The van der Waals surface area contributed by atoms with Crippen molar-refractivity contribution in [3.05, 3.63) is 224 Å². The molecule has 250 valence electrons. The minimum absolute atomic E-state index is 1.10. The van der Waals surface area contributed by atoms with E-state index >= 15 is 0 Å². The summed E-state index contributed by atoms with van der Waals surface area (Å²) in [5.41, 5.74) is 15.4. The number of anilines is 3. The molecule has 9 aromatic rings. The van der Waals surface area contributed by atoms with Gasteiger partial charge in [-0.1, -0.05) is 194 Å². The fraction of sp³-hybridized carbons (Fsp3) is 0. The maximum Gasteiger partial charge on any atom is 0.0540 e. The van der Waals surface area contributed by atoms with E-state index < -0.39 is 0 Å². The van der Waals surface area contributed by atoms with Gasteiger partial charge in [-0.2, -0.15) is 0 Å². The molecular formula is C52H37N. The van der Waals surface area contributed by atoms with Crippen LogP contribution in [0.1, 0.15) is 0 Å². The maximum atomic E-state index is 2.42. The van der Waals surface area contributed by atoms with E-state index in [1.54, 1.807) is 0 Å². The summed E-state index contributed by atoms with van der Waals surface area (Å²) in [7, 11) is 0. The van der Waals surface area contributed by atoms with E-state index in [0.29, 0.717) is 0 Å². The maximum absolute atomic E-state index is 2.42. The predicted molar refractivity (Wildman–Crippen MR) is 226 cm³/mol. The fourth-order valence-corrected chi connectivity index (χ4v) is 7.45. The van der Waals surface area contributed by atoms with Crippen molar-refractivity contribution in [3.8, 4) is 55.6 Å². The molecule has 0 amide bonds. The van der Waals surface area contributed by atoms with E-state index in [-0.39, 0.29) is 0 Å². The van der Waals surface area contributed by atoms with Crippen LogP contribution in [0.15, 0.2) is 224 Å². The third-order valence-electron chi connectivity index (χ3n) is 10.1. The van der Waals surface area contributed by atoms with Gasteiger partial charge in [0.05, 0.1) is 11.4 Å². The fourth-order valence-electron chi connectivity index (χ4n) is 7.45. The molecule has 0 bridgehead atoms. The lowest BCUT2D eigenvalue weighted by molar-refractivity contribution is 1.30. The van der Waals surface area contributed by atoms with Crippen LogP contribution in [-0.4, -0.2) is 0 Å². The van der Waals surface area contributed by atoms with Crippen LogP contribution < -0.4 is 4.90 Å². The summed E-state index contributed by atoms with van der Waals surface area (Å²) < 4.78 is 0. The minimum Gasteiger partial charge on any atom is -0.309 e. The van der Waals surface area contributed by atoms with E-state index in [1.807, 2.05) is 0 Å². The Morgan fingerprint density at radius 1 is 0.245 bits per heavy atom. The largest absolute Gasteiger partial charge is 0.309 e. The van der Waals surface area contributed by atoms with Gasteiger partial charge in [-0.15, -0.1) is 0 Å². The van der Waals surface area contributed by atoms with Gasteiger partial charge in [0.25, 0.3) is 0 Å². The van der Waals surface area contributed by atoms with Gasteiger partial charge in [0.2, 0.25) is 0 Å². The first-order valence-electron chi connectivity index (χ1n) is 18.2. The summed E-state index contributed by atoms with van der Waals surface area (Å²) in [6.45, 7) is 0. The van der Waals surface area contributed by atoms with E-state index in [9.17, 15) is 0 Å². The predicted octanol–water partition coefficient (Wildman–Crippen LogP) is 14.6. The Kier molecular flexibility index (Phi) is 8.66. The van der Waals surface area contributed by atoms with E-state index in [2.05, 4.69) is 229 Å². The topological polar surface area (TPSA) is 3.24 Å². The van der Waals surface area contributed by atoms with Gasteiger partial charge in [0.15, 0.2) is 0 Å². The molecule has 0 atom stereocenters. The Labute approximate surface area is 311 Å². The first-order chi connectivity index (χ1) is 26.3. The molecule has 9 rings (SSSR count). The second kappa shape index (κ2) is 14.3. The second-order valence-electron chi connectivity index (χ2n) is 13.3. The van der Waals surface area contributed by atoms with Crippen LogP contribution >= 0.6 is 0 Å². The smallest absolute Gasteiger partial charge is 0.0540 e. The molecule has 0 spiro atoms. The molecular weight excluding hydrogens is 639 g/mol. The standard InChI is InChI=1S/C52H37N/c1-4-15-38(16-5-1)39-27-29-44(30-28-39)49-24-12-13-25-51(49)53(52-26-14-22-42-21-10-11-23-48(42)52)46-34-31-40(32-35-46)45-33-36-47(41-17-6-2-7-18-41)50(37-45)43-19-8-3-9-20-43/h1-37H. The van der Waals surface area contributed by atoms with Crippen LogP contribution in [0.3, 0.4) is 0 Å². The molecule has 9 aromatic carbocycles. The van der Waals surface area contributed by atoms with Gasteiger partial charge in [-0.05, 0) is 85.8 Å². The van der Waals surface area contributed by atoms with Gasteiger partial charge in [-0.3, -0.25) is 0 Å². The van der Waals surface area contributed by atoms with Crippen LogP contribution in [0.2, 0.25) is 0 Å². The third kappa shape index (κ3) is 6.42. The molecule has 0 saturated heterocycles. The van der Waals surface area contributed by atoms with Crippen LogP contribution in [0.4, 0.5) is 17.1 Å². The first-order valence-corrected chi connectivity index (χ1v) is 18.2. The molecule has 0 radical (unpaired) electrons. The van der Waals surface area contributed by atoms with Crippen LogP contribution in [0.5, 0.6) is 0 Å². The van der Waals surface area contributed by atoms with Gasteiger partial charge in [0.1, 0.15) is 0 Å². The van der Waals surface area contributed by atoms with E-state index in [0.717, 1.165) is 17.1 Å². The van der Waals surface area contributed by atoms with Gasteiger partial charge < -0.3 is 4.90 Å². The minimum atomic E-state index is 1.10. The van der Waals surface area contributed by atoms with Crippen molar-refractivity contribution in [2.75, 3.05) is 4.90 Å². The number of hydrogen-bond acceptors (Lipinski definition) is 1. The summed E-state index contributed by atoms with van der Waals surface area (Å²) in [4.78, 5) is 2.42. The highest BCUT2D eigenvalue weighted by molar-refractivity contribution is 6.01. The molecule has 0 fully saturated rings. The van der Waals surface area contributed by atoms with Crippen LogP contribution in [0, 0.1) is 0 Å². The molecule has 0 N–H and O–H groups in total. The molecule has 0 aliphatic rings. The van der Waals surface area contributed by atoms with Crippen molar-refractivity contribution < 1.29 is 0 Å². The molecule has 0 heterocycles. The lowest BCUT2D eigenvalue weighted by Gasteiger charge is -2.29. The van der Waals surface area contributed by atoms with Crippen LogP contribution in [0.25, 0.3) is 66.4 Å². The Bertz CT molecular complexity index is 2620. The average molecular weight is 676 g/mol. The quantitative estimate of drug-likeness (QED) is 0.155. The van der Waals surface area contributed by atoms with Crippen molar-refractivity contribution in [3.63, 3.8) is 0 Å². The zero-order valence-electron chi connectivity index (χ0n) is 29.3. The SMILES string of the molecule is c1ccc(-c2ccc(-c3ccccc3N(c3ccc(-c4ccc(-c5ccccc5)c(-c5ccccc5)c4)cc3)c3cccc4ccccc34)cc2)cc1. The molecule has 0 unspecified atom stereocenters. The molecule has 0 saturated carbocycles. The molecule has 1 heteroatoms. The lowest BCUT2D eigenvalue weighted by atomic mass is 9.91. The lowest BCUT2D eigenvalue weighted by Crippen LogP contribution is -2.11. The summed E-state index contributed by atoms with van der Waals surface area (Å²) >= 11 is 0. The summed E-state index contributed by atoms with van der Waals surface area (Å²) in [6.07, 6.45) is 0. The number of para-hydroxylation sites is 1. The molecule has 0 aliphatic heterocycles. The molecule has 0 aromatic heterocycles. The molecule has 0 aliphatic carbocycles.